The van der Waals surface area contributed by atoms with Gasteiger partial charge in [0.15, 0.2) is 0 Å². The van der Waals surface area contributed by atoms with E-state index in [-0.39, 0.29) is 33.9 Å². The van der Waals surface area contributed by atoms with Gasteiger partial charge >= 0.3 is 6.85 Å². The molecule has 3 heterocycles. The Morgan fingerprint density at radius 3 is 1.71 bits per heavy atom. The lowest BCUT2D eigenvalue weighted by Crippen LogP contribution is -2.62. The number of hydrogen-bond acceptors (Lipinski definition) is 3. The van der Waals surface area contributed by atoms with Crippen molar-refractivity contribution in [1.82, 2.24) is 0 Å². The van der Waals surface area contributed by atoms with E-state index in [0.29, 0.717) is 0 Å². The van der Waals surface area contributed by atoms with Gasteiger partial charge in [0.1, 0.15) is 0 Å². The van der Waals surface area contributed by atoms with Crippen LogP contribution in [0.2, 0.25) is 0 Å². The molecule has 0 N–H and O–H groups in total. The molecule has 3 nitrogen and oxygen atoms in total. The summed E-state index contributed by atoms with van der Waals surface area (Å²) < 4.78 is 0. The quantitative estimate of drug-likeness (QED) is 0.163. The number of nitrogens with zero attached hydrogens (tertiary/aromatic N) is 3. The molecule has 0 amide bonds. The third kappa shape index (κ3) is 6.68. The Bertz CT molecular complexity index is 3390. The molecule has 70 heavy (non-hydrogen) atoms. The number of anilines is 8. The summed E-state index contributed by atoms with van der Waals surface area (Å²) in [6, 6.07) is 59.4. The van der Waals surface area contributed by atoms with Crippen LogP contribution in [-0.4, -0.2) is 6.85 Å². The molecule has 0 spiro atoms. The van der Waals surface area contributed by atoms with Gasteiger partial charge in [-0.25, -0.2) is 0 Å². The molecule has 0 bridgehead atoms. The van der Waals surface area contributed by atoms with Crippen LogP contribution in [0.3, 0.4) is 0 Å². The zero-order chi connectivity index (χ0) is 49.0. The summed E-state index contributed by atoms with van der Waals surface area (Å²) in [6.45, 7) is 30.7. The zero-order valence-corrected chi connectivity index (χ0v) is 43.8. The summed E-state index contributed by atoms with van der Waals surface area (Å²) in [5, 5.41) is 2.55. The predicted molar refractivity (Wildman–Crippen MR) is 302 cm³/mol. The highest BCUT2D eigenvalue weighted by Gasteiger charge is 2.50. The Morgan fingerprint density at radius 2 is 1.09 bits per heavy atom. The molecule has 350 valence electrons. The molecule has 0 atom stereocenters. The van der Waals surface area contributed by atoms with Crippen molar-refractivity contribution in [2.75, 3.05) is 14.6 Å². The van der Waals surface area contributed by atoms with Crippen LogP contribution in [0.1, 0.15) is 135 Å². The molecule has 0 unspecified atom stereocenters. The van der Waals surface area contributed by atoms with Crippen molar-refractivity contribution in [3.8, 4) is 11.1 Å². The highest BCUT2D eigenvalue weighted by Crippen LogP contribution is 2.57. The van der Waals surface area contributed by atoms with Crippen LogP contribution in [-0.2, 0) is 27.1 Å². The van der Waals surface area contributed by atoms with Crippen molar-refractivity contribution >= 4 is 74.0 Å². The predicted octanol–water partition coefficient (Wildman–Crippen LogP) is 16.9. The Balaban J connectivity index is 1.15. The van der Waals surface area contributed by atoms with E-state index in [1.807, 2.05) is 0 Å². The molecule has 1 aliphatic carbocycles. The topological polar surface area (TPSA) is 9.72 Å². The number of para-hydroxylation sites is 1. The van der Waals surface area contributed by atoms with Crippen molar-refractivity contribution in [3.63, 3.8) is 0 Å². The average Bonchev–Trinajstić information content (AvgIpc) is 3.32. The van der Waals surface area contributed by atoms with Crippen LogP contribution in [0.5, 0.6) is 0 Å². The molecule has 3 aliphatic heterocycles. The van der Waals surface area contributed by atoms with Crippen LogP contribution in [0.4, 0.5) is 45.5 Å². The van der Waals surface area contributed by atoms with E-state index in [0.717, 1.165) is 17.1 Å². The van der Waals surface area contributed by atoms with E-state index in [1.165, 1.54) is 113 Å². The molecule has 12 rings (SSSR count). The lowest BCUT2D eigenvalue weighted by molar-refractivity contribution is 0.332. The Hall–Kier alpha value is -6.52. The monoisotopic (exact) mass is 914 g/mol. The maximum absolute atomic E-state index is 2.73. The maximum atomic E-state index is 2.73. The number of rotatable bonds is 4. The van der Waals surface area contributed by atoms with Crippen LogP contribution in [0, 0.1) is 6.92 Å². The van der Waals surface area contributed by atoms with E-state index in [9.17, 15) is 0 Å². The molecular formula is C66H68BN3. The fraction of sp³-hybridized carbons (Fsp3) is 0.303. The molecule has 0 saturated carbocycles. The molecule has 0 aromatic heterocycles. The van der Waals surface area contributed by atoms with Gasteiger partial charge in [0.25, 0.3) is 0 Å². The Kier molecular flexibility index (Phi) is 9.57. The van der Waals surface area contributed by atoms with E-state index in [4.69, 9.17) is 0 Å². The summed E-state index contributed by atoms with van der Waals surface area (Å²) in [7, 11) is 0. The second-order valence-electron chi connectivity index (χ2n) is 25.1. The summed E-state index contributed by atoms with van der Waals surface area (Å²) in [5.74, 6) is 0. The highest BCUT2D eigenvalue weighted by molar-refractivity contribution is 6.93. The van der Waals surface area contributed by atoms with Gasteiger partial charge in [-0.3, -0.25) is 0 Å². The maximum Gasteiger partial charge on any atom is 0.333 e. The number of hydrogen-bond donors (Lipinski definition) is 0. The van der Waals surface area contributed by atoms with Gasteiger partial charge in [0.2, 0.25) is 0 Å². The molecule has 4 aliphatic rings. The molecule has 8 aromatic carbocycles. The lowest BCUT2D eigenvalue weighted by Gasteiger charge is -2.51. The molecule has 4 heteroatoms. The minimum Gasteiger partial charge on any atom is -0.376 e. The van der Waals surface area contributed by atoms with E-state index < -0.39 is 0 Å². The second kappa shape index (κ2) is 15.0. The first-order valence-electron chi connectivity index (χ1n) is 25.8. The van der Waals surface area contributed by atoms with Gasteiger partial charge in [0, 0.05) is 50.8 Å². The Morgan fingerprint density at radius 1 is 0.486 bits per heavy atom. The number of aryl methyl sites for hydroxylation is 1. The largest absolute Gasteiger partial charge is 0.376 e. The van der Waals surface area contributed by atoms with Gasteiger partial charge in [0.05, 0.1) is 5.69 Å². The van der Waals surface area contributed by atoms with Crippen molar-refractivity contribution in [1.29, 1.82) is 0 Å². The molecule has 8 aromatic rings. The van der Waals surface area contributed by atoms with Crippen molar-refractivity contribution in [2.45, 2.75) is 130 Å². The van der Waals surface area contributed by atoms with Crippen LogP contribution in [0.25, 0.3) is 21.9 Å². The standard InChI is InChI=1S/C66H68BN3/c1-41-35-51-50-39-48(68(46-25-21-44(22-26-46)62(2,3)4)47-27-23-45(24-28-47)63(5,6)7)30-32-57(50)70(49-29-31-52-54(40-49)65(10,11)34-33-64(52,8)9)67-56-20-16-19-53-61(56)69(59(36-41)60(51)67)58-38-43-18-15-14-17-42(43)37-55(58)66(53,12)13/h14-32,35-40H,33-34H2,1-13H3. The van der Waals surface area contributed by atoms with Gasteiger partial charge in [-0.05, 0) is 180 Å². The summed E-state index contributed by atoms with van der Waals surface area (Å²) >= 11 is 0. The van der Waals surface area contributed by atoms with Gasteiger partial charge < -0.3 is 14.6 Å². The van der Waals surface area contributed by atoms with E-state index >= 15 is 0 Å². The lowest BCUT2D eigenvalue weighted by atomic mass is 9.42. The number of fused-ring (bicyclic) bond motifs is 8. The molecular weight excluding hydrogens is 846 g/mol. The van der Waals surface area contributed by atoms with Gasteiger partial charge in [-0.15, -0.1) is 0 Å². The first-order chi connectivity index (χ1) is 33.1. The highest BCUT2D eigenvalue weighted by atomic mass is 15.2. The van der Waals surface area contributed by atoms with E-state index in [2.05, 4.69) is 256 Å². The fourth-order valence-corrected chi connectivity index (χ4v) is 12.8. The minimum absolute atomic E-state index is 0.0482. The number of benzene rings is 8. The summed E-state index contributed by atoms with van der Waals surface area (Å²) in [4.78, 5) is 7.86. The SMILES string of the molecule is Cc1cc2c3c(c1)N1c4cc5ccccc5cc4C(C)(C)c4cccc(c41)B3N(c1ccc3c(c1)C(C)(C)CCC3(C)C)c1ccc(N(c3ccc(C(C)(C)C)cc3)c3ccc(C(C)(C)C)cc3)cc1-2. The first-order valence-corrected chi connectivity index (χ1v) is 25.8. The zero-order valence-electron chi connectivity index (χ0n) is 43.8. The Labute approximate surface area is 418 Å². The molecule has 0 fully saturated rings. The van der Waals surface area contributed by atoms with Crippen molar-refractivity contribution in [2.24, 2.45) is 0 Å². The average molecular weight is 914 g/mol. The normalized spacial score (nSPS) is 16.8. The summed E-state index contributed by atoms with van der Waals surface area (Å²) in [5.41, 5.74) is 24.8. The van der Waals surface area contributed by atoms with Crippen molar-refractivity contribution < 1.29 is 0 Å². The molecule has 0 saturated heterocycles. The minimum atomic E-state index is -0.223. The van der Waals surface area contributed by atoms with Crippen LogP contribution in [0.15, 0.2) is 152 Å². The van der Waals surface area contributed by atoms with Crippen molar-refractivity contribution in [3.05, 3.63) is 191 Å². The fourth-order valence-electron chi connectivity index (χ4n) is 12.8. The van der Waals surface area contributed by atoms with Gasteiger partial charge in [-0.1, -0.05) is 162 Å². The van der Waals surface area contributed by atoms with Crippen LogP contribution >= 0.6 is 0 Å². The second-order valence-corrected chi connectivity index (χ2v) is 25.1. The van der Waals surface area contributed by atoms with Gasteiger partial charge in [-0.2, -0.15) is 0 Å². The van der Waals surface area contributed by atoms with Crippen LogP contribution < -0.4 is 25.5 Å². The first kappa shape index (κ1) is 44.7. The molecule has 0 radical (unpaired) electrons. The smallest absolute Gasteiger partial charge is 0.333 e. The third-order valence-corrected chi connectivity index (χ3v) is 17.0. The summed E-state index contributed by atoms with van der Waals surface area (Å²) in [6.07, 6.45) is 2.35. The van der Waals surface area contributed by atoms with E-state index in [1.54, 1.807) is 0 Å². The third-order valence-electron chi connectivity index (χ3n) is 17.0.